The minimum Gasteiger partial charge on any atom is -0.396 e. The maximum absolute atomic E-state index is 9.26. The van der Waals surface area contributed by atoms with Gasteiger partial charge in [0.2, 0.25) is 0 Å². The van der Waals surface area contributed by atoms with E-state index >= 15 is 0 Å². The van der Waals surface area contributed by atoms with E-state index in [-0.39, 0.29) is 12.5 Å². The summed E-state index contributed by atoms with van der Waals surface area (Å²) >= 11 is 0. The normalized spacial score (nSPS) is 12.0. The molecular formula is C16H18N4O. The number of para-hydroxylation sites is 2. The van der Waals surface area contributed by atoms with Gasteiger partial charge >= 0.3 is 0 Å². The first kappa shape index (κ1) is 15.0. The predicted molar refractivity (Wildman–Crippen MR) is 79.1 cm³/mol. The topological polar surface area (TPSA) is 85.6 Å². The fourth-order valence-corrected chi connectivity index (χ4v) is 2.41. The molecule has 1 unspecified atom stereocenters. The van der Waals surface area contributed by atoms with Gasteiger partial charge < -0.3 is 9.67 Å². The van der Waals surface area contributed by atoms with Gasteiger partial charge in [-0.15, -0.1) is 0 Å². The van der Waals surface area contributed by atoms with Gasteiger partial charge in [0, 0.05) is 26.0 Å². The van der Waals surface area contributed by atoms with Crippen molar-refractivity contribution in [2.24, 2.45) is 5.92 Å². The number of rotatable bonds is 7. The highest BCUT2D eigenvalue weighted by Crippen LogP contribution is 2.20. The van der Waals surface area contributed by atoms with Crippen LogP contribution >= 0.6 is 0 Å². The minimum absolute atomic E-state index is 0.124. The number of nitriles is 2. The lowest BCUT2D eigenvalue weighted by molar-refractivity contribution is 0.286. The Morgan fingerprint density at radius 2 is 2.10 bits per heavy atom. The van der Waals surface area contributed by atoms with E-state index in [0.717, 1.165) is 16.9 Å². The van der Waals surface area contributed by atoms with Gasteiger partial charge in [-0.1, -0.05) is 12.1 Å². The molecule has 0 spiro atoms. The fraction of sp³-hybridized carbons (Fsp3) is 0.438. The first-order chi connectivity index (χ1) is 10.3. The summed E-state index contributed by atoms with van der Waals surface area (Å²) in [4.78, 5) is 4.60. The maximum atomic E-state index is 9.26. The maximum Gasteiger partial charge on any atom is 0.109 e. The zero-order chi connectivity index (χ0) is 15.1. The van der Waals surface area contributed by atoms with E-state index in [0.29, 0.717) is 32.2 Å². The van der Waals surface area contributed by atoms with Gasteiger partial charge in [0.05, 0.1) is 29.1 Å². The van der Waals surface area contributed by atoms with Crippen LogP contribution in [0.5, 0.6) is 0 Å². The van der Waals surface area contributed by atoms with Crippen LogP contribution in [0, 0.1) is 28.6 Å². The number of benzene rings is 1. The van der Waals surface area contributed by atoms with Crippen molar-refractivity contribution >= 4 is 11.0 Å². The van der Waals surface area contributed by atoms with E-state index in [9.17, 15) is 5.26 Å². The van der Waals surface area contributed by atoms with Crippen molar-refractivity contribution in [3.05, 3.63) is 30.1 Å². The Balaban J connectivity index is 2.31. The average Bonchev–Trinajstić information content (AvgIpc) is 2.87. The Morgan fingerprint density at radius 1 is 1.29 bits per heavy atom. The molecule has 108 valence electrons. The molecule has 0 radical (unpaired) electrons. The van der Waals surface area contributed by atoms with Crippen molar-refractivity contribution < 1.29 is 5.11 Å². The highest BCUT2D eigenvalue weighted by atomic mass is 16.2. The van der Waals surface area contributed by atoms with Gasteiger partial charge in [-0.25, -0.2) is 4.98 Å². The molecule has 0 saturated carbocycles. The van der Waals surface area contributed by atoms with E-state index in [2.05, 4.69) is 21.7 Å². The van der Waals surface area contributed by atoms with Crippen molar-refractivity contribution in [3.8, 4) is 12.1 Å². The number of hydrogen-bond acceptors (Lipinski definition) is 4. The van der Waals surface area contributed by atoms with Crippen LogP contribution in [0.4, 0.5) is 0 Å². The molecule has 1 atom stereocenters. The molecule has 0 bridgehead atoms. The second-order valence-electron chi connectivity index (χ2n) is 4.98. The number of aryl methyl sites for hydroxylation is 1. The number of aromatic nitrogens is 2. The molecule has 5 heteroatoms. The molecule has 1 aromatic heterocycles. The average molecular weight is 282 g/mol. The Labute approximate surface area is 124 Å². The summed E-state index contributed by atoms with van der Waals surface area (Å²) < 4.78 is 2.05. The van der Waals surface area contributed by atoms with Gasteiger partial charge in [-0.3, -0.25) is 0 Å². The number of aliphatic hydroxyl groups is 1. The molecule has 0 amide bonds. The summed E-state index contributed by atoms with van der Waals surface area (Å²) in [5, 5.41) is 26.9. The van der Waals surface area contributed by atoms with Crippen molar-refractivity contribution in [2.75, 3.05) is 6.61 Å². The largest absolute Gasteiger partial charge is 0.396 e. The summed E-state index contributed by atoms with van der Waals surface area (Å²) in [6.45, 7) is 0.665. The Kier molecular flexibility index (Phi) is 5.31. The number of fused-ring (bicyclic) bond motifs is 1. The Morgan fingerprint density at radius 3 is 2.81 bits per heavy atom. The molecule has 0 aliphatic heterocycles. The molecule has 2 rings (SSSR count). The van der Waals surface area contributed by atoms with Gasteiger partial charge in [0.15, 0.2) is 0 Å². The Bertz CT molecular complexity index is 678. The van der Waals surface area contributed by atoms with E-state index in [1.54, 1.807) is 0 Å². The number of nitrogens with zero attached hydrogens (tertiary/aromatic N) is 4. The standard InChI is InChI=1S/C16H18N4O/c17-9-3-5-13(11-18)12-20-15-7-2-1-6-14(15)19-16(20)8-4-10-21/h1-2,6-7,13,21H,3-5,8,10,12H2. The van der Waals surface area contributed by atoms with Crippen molar-refractivity contribution in [3.63, 3.8) is 0 Å². The summed E-state index contributed by atoms with van der Waals surface area (Å²) in [6, 6.07) is 12.2. The van der Waals surface area contributed by atoms with E-state index in [4.69, 9.17) is 10.4 Å². The molecule has 0 aliphatic rings. The third-order valence-corrected chi connectivity index (χ3v) is 3.48. The van der Waals surface area contributed by atoms with Gasteiger partial charge in [-0.2, -0.15) is 10.5 Å². The highest BCUT2D eigenvalue weighted by molar-refractivity contribution is 5.75. The van der Waals surface area contributed by atoms with Crippen LogP contribution in [0.1, 0.15) is 25.1 Å². The Hall–Kier alpha value is -2.37. The summed E-state index contributed by atoms with van der Waals surface area (Å²) in [7, 11) is 0. The third-order valence-electron chi connectivity index (χ3n) is 3.48. The molecule has 2 aromatic rings. The van der Waals surface area contributed by atoms with Crippen LogP contribution in [0.2, 0.25) is 0 Å². The molecule has 1 heterocycles. The SMILES string of the molecule is N#CCCC(C#N)Cn1c(CCCO)nc2ccccc21. The van der Waals surface area contributed by atoms with E-state index < -0.39 is 0 Å². The van der Waals surface area contributed by atoms with E-state index in [1.165, 1.54) is 0 Å². The second kappa shape index (κ2) is 7.42. The van der Waals surface area contributed by atoms with Crippen LogP contribution in [-0.2, 0) is 13.0 Å². The van der Waals surface area contributed by atoms with Gasteiger partial charge in [0.25, 0.3) is 0 Å². The third kappa shape index (κ3) is 3.59. The molecule has 0 fully saturated rings. The molecule has 1 aromatic carbocycles. The lowest BCUT2D eigenvalue weighted by atomic mass is 10.1. The summed E-state index contributed by atoms with van der Waals surface area (Å²) in [5.74, 6) is 0.692. The van der Waals surface area contributed by atoms with E-state index in [1.807, 2.05) is 24.3 Å². The monoisotopic (exact) mass is 282 g/mol. The minimum atomic E-state index is -0.199. The van der Waals surface area contributed by atoms with Crippen LogP contribution in [0.15, 0.2) is 24.3 Å². The lowest BCUT2D eigenvalue weighted by Gasteiger charge is -2.12. The van der Waals surface area contributed by atoms with Crippen LogP contribution in [-0.4, -0.2) is 21.3 Å². The summed E-state index contributed by atoms with van der Waals surface area (Å²) in [6.07, 6.45) is 2.29. The van der Waals surface area contributed by atoms with Crippen molar-refractivity contribution in [1.82, 2.24) is 9.55 Å². The van der Waals surface area contributed by atoms with Crippen molar-refractivity contribution in [1.29, 1.82) is 10.5 Å². The second-order valence-corrected chi connectivity index (χ2v) is 4.98. The first-order valence-corrected chi connectivity index (χ1v) is 7.11. The fourth-order valence-electron chi connectivity index (χ4n) is 2.41. The molecule has 0 aliphatic carbocycles. The predicted octanol–water partition coefficient (Wildman–Crippen LogP) is 2.40. The van der Waals surface area contributed by atoms with Crippen LogP contribution in [0.3, 0.4) is 0 Å². The number of aliphatic hydroxyl groups excluding tert-OH is 1. The highest BCUT2D eigenvalue weighted by Gasteiger charge is 2.15. The van der Waals surface area contributed by atoms with Crippen molar-refractivity contribution in [2.45, 2.75) is 32.2 Å². The molecule has 5 nitrogen and oxygen atoms in total. The lowest BCUT2D eigenvalue weighted by Crippen LogP contribution is -2.12. The van der Waals surface area contributed by atoms with Crippen LogP contribution < -0.4 is 0 Å². The first-order valence-electron chi connectivity index (χ1n) is 7.11. The van der Waals surface area contributed by atoms with Gasteiger partial charge in [0.1, 0.15) is 5.82 Å². The zero-order valence-corrected chi connectivity index (χ0v) is 11.9. The molecule has 0 saturated heterocycles. The van der Waals surface area contributed by atoms with Gasteiger partial charge in [-0.05, 0) is 25.0 Å². The molecular weight excluding hydrogens is 264 g/mol. The molecule has 21 heavy (non-hydrogen) atoms. The molecule has 1 N–H and O–H groups in total. The quantitative estimate of drug-likeness (QED) is 0.845. The smallest absolute Gasteiger partial charge is 0.109 e. The van der Waals surface area contributed by atoms with Crippen LogP contribution in [0.25, 0.3) is 11.0 Å². The number of hydrogen-bond donors (Lipinski definition) is 1. The number of imidazole rings is 1. The summed E-state index contributed by atoms with van der Waals surface area (Å²) in [5.41, 5.74) is 1.91. The zero-order valence-electron chi connectivity index (χ0n) is 11.9.